The van der Waals surface area contributed by atoms with Crippen LogP contribution in [0, 0.1) is 6.92 Å². The number of hydrogen-bond acceptors (Lipinski definition) is 4. The van der Waals surface area contributed by atoms with E-state index in [0.717, 1.165) is 22.9 Å². The van der Waals surface area contributed by atoms with Gasteiger partial charge in [0.15, 0.2) is 14.6 Å². The highest BCUT2D eigenvalue weighted by Gasteiger charge is 2.48. The lowest BCUT2D eigenvalue weighted by molar-refractivity contribution is -0.124. The highest BCUT2D eigenvalue weighted by molar-refractivity contribution is 7.92. The number of nitrogens with one attached hydrogen (secondary N) is 2. The molecule has 1 heterocycles. The predicted molar refractivity (Wildman–Crippen MR) is 115 cm³/mol. The average Bonchev–Trinajstić information content (AvgIpc) is 2.66. The molecule has 1 amide bonds. The second kappa shape index (κ2) is 9.07. The van der Waals surface area contributed by atoms with E-state index >= 15 is 0 Å². The van der Waals surface area contributed by atoms with Crippen LogP contribution in [0.2, 0.25) is 0 Å². The molecule has 0 spiro atoms. The minimum atomic E-state index is -3.50. The SMILES string of the molecule is Cc1ccc(-c2cccc(CNC(=O)C3(S(C)(=O)=O)CCNCC3)c2)cc1.Cl. The van der Waals surface area contributed by atoms with E-state index in [9.17, 15) is 13.2 Å². The molecule has 0 atom stereocenters. The molecule has 1 aliphatic rings. The van der Waals surface area contributed by atoms with E-state index in [1.165, 1.54) is 5.56 Å². The van der Waals surface area contributed by atoms with Crippen LogP contribution >= 0.6 is 12.4 Å². The van der Waals surface area contributed by atoms with Crippen molar-refractivity contribution in [1.29, 1.82) is 0 Å². The lowest BCUT2D eigenvalue weighted by Crippen LogP contribution is -2.57. The number of halogens is 1. The maximum atomic E-state index is 12.8. The van der Waals surface area contributed by atoms with Gasteiger partial charge >= 0.3 is 0 Å². The van der Waals surface area contributed by atoms with Gasteiger partial charge in [-0.3, -0.25) is 4.79 Å². The molecule has 1 saturated heterocycles. The third kappa shape index (κ3) is 4.74. The molecule has 0 radical (unpaired) electrons. The molecule has 152 valence electrons. The number of amides is 1. The fourth-order valence-corrected chi connectivity index (χ4v) is 4.90. The Hall–Kier alpha value is -1.89. The first-order chi connectivity index (χ1) is 12.8. The lowest BCUT2D eigenvalue weighted by Gasteiger charge is -2.34. The Kier molecular flexibility index (Phi) is 7.26. The molecule has 0 aromatic heterocycles. The van der Waals surface area contributed by atoms with Gasteiger partial charge in [0.25, 0.3) is 0 Å². The third-order valence-corrected chi connectivity index (χ3v) is 7.31. The molecule has 28 heavy (non-hydrogen) atoms. The highest BCUT2D eigenvalue weighted by atomic mass is 35.5. The van der Waals surface area contributed by atoms with Gasteiger partial charge in [-0.15, -0.1) is 12.4 Å². The molecule has 0 unspecified atom stereocenters. The molecular weight excluding hydrogens is 396 g/mol. The number of aryl methyl sites for hydroxylation is 1. The van der Waals surface area contributed by atoms with Gasteiger partial charge in [0.2, 0.25) is 5.91 Å². The Labute approximate surface area is 173 Å². The summed E-state index contributed by atoms with van der Waals surface area (Å²) in [6, 6.07) is 16.2. The topological polar surface area (TPSA) is 75.3 Å². The van der Waals surface area contributed by atoms with Crippen LogP contribution in [0.1, 0.15) is 24.0 Å². The van der Waals surface area contributed by atoms with Gasteiger partial charge in [-0.05, 0) is 55.6 Å². The molecule has 2 aromatic carbocycles. The van der Waals surface area contributed by atoms with Crippen LogP contribution in [-0.2, 0) is 21.2 Å². The summed E-state index contributed by atoms with van der Waals surface area (Å²) in [4.78, 5) is 12.8. The summed E-state index contributed by atoms with van der Waals surface area (Å²) in [5.74, 6) is -0.396. The monoisotopic (exact) mass is 422 g/mol. The number of carbonyl (C=O) groups is 1. The van der Waals surface area contributed by atoms with Crippen molar-refractivity contribution in [3.8, 4) is 11.1 Å². The maximum Gasteiger partial charge on any atom is 0.241 e. The molecule has 7 heteroatoms. The van der Waals surface area contributed by atoms with E-state index in [4.69, 9.17) is 0 Å². The smallest absolute Gasteiger partial charge is 0.241 e. The Morgan fingerprint density at radius 1 is 1.07 bits per heavy atom. The van der Waals surface area contributed by atoms with Gasteiger partial charge in [0, 0.05) is 12.8 Å². The van der Waals surface area contributed by atoms with Crippen molar-refractivity contribution in [2.45, 2.75) is 31.1 Å². The molecule has 0 saturated carbocycles. The number of piperidine rings is 1. The largest absolute Gasteiger partial charge is 0.351 e. The number of sulfone groups is 1. The van der Waals surface area contributed by atoms with Gasteiger partial charge in [-0.1, -0.05) is 48.0 Å². The molecule has 1 fully saturated rings. The van der Waals surface area contributed by atoms with Gasteiger partial charge < -0.3 is 10.6 Å². The van der Waals surface area contributed by atoms with Crippen molar-refractivity contribution in [3.05, 3.63) is 59.7 Å². The second-order valence-corrected chi connectivity index (χ2v) is 9.59. The van der Waals surface area contributed by atoms with Crippen LogP contribution in [0.25, 0.3) is 11.1 Å². The van der Waals surface area contributed by atoms with Crippen LogP contribution in [0.4, 0.5) is 0 Å². The lowest BCUT2D eigenvalue weighted by atomic mass is 9.95. The van der Waals surface area contributed by atoms with Crippen LogP contribution in [0.3, 0.4) is 0 Å². The van der Waals surface area contributed by atoms with E-state index in [2.05, 4.69) is 34.9 Å². The number of carbonyl (C=O) groups excluding carboxylic acids is 1. The summed E-state index contributed by atoms with van der Waals surface area (Å²) in [5, 5.41) is 5.98. The van der Waals surface area contributed by atoms with Crippen molar-refractivity contribution in [2.75, 3.05) is 19.3 Å². The summed E-state index contributed by atoms with van der Waals surface area (Å²) in [7, 11) is -3.50. The molecule has 2 N–H and O–H groups in total. The Bertz CT molecular complexity index is 921. The number of hydrogen-bond donors (Lipinski definition) is 2. The highest BCUT2D eigenvalue weighted by Crippen LogP contribution is 2.28. The molecule has 2 aromatic rings. The predicted octanol–water partition coefficient (Wildman–Crippen LogP) is 2.87. The van der Waals surface area contributed by atoms with Gasteiger partial charge in [-0.25, -0.2) is 8.42 Å². The summed E-state index contributed by atoms with van der Waals surface area (Å²) < 4.78 is 23.4. The van der Waals surface area contributed by atoms with Crippen LogP contribution in [-0.4, -0.2) is 38.4 Å². The fraction of sp³-hybridized carbons (Fsp3) is 0.381. The normalized spacial score (nSPS) is 16.1. The minimum Gasteiger partial charge on any atom is -0.351 e. The van der Waals surface area contributed by atoms with Crippen LogP contribution < -0.4 is 10.6 Å². The Morgan fingerprint density at radius 3 is 2.32 bits per heavy atom. The van der Waals surface area contributed by atoms with Gasteiger partial charge in [0.1, 0.15) is 0 Å². The zero-order valence-corrected chi connectivity index (χ0v) is 17.8. The van der Waals surface area contributed by atoms with E-state index in [1.807, 2.05) is 31.2 Å². The molecule has 1 aliphatic heterocycles. The van der Waals surface area contributed by atoms with Gasteiger partial charge in [0.05, 0.1) is 0 Å². The standard InChI is InChI=1S/C21H26N2O3S.ClH/c1-16-6-8-18(9-7-16)19-5-3-4-17(14-19)15-23-20(24)21(27(2,25)26)10-12-22-13-11-21;/h3-9,14,22H,10-13,15H2,1-2H3,(H,23,24);1H. The van der Waals surface area contributed by atoms with Crippen molar-refractivity contribution in [1.82, 2.24) is 10.6 Å². The Balaban J connectivity index is 0.00000280. The fourth-order valence-electron chi connectivity index (χ4n) is 3.55. The van der Waals surface area contributed by atoms with Crippen molar-refractivity contribution in [3.63, 3.8) is 0 Å². The van der Waals surface area contributed by atoms with Crippen molar-refractivity contribution in [2.24, 2.45) is 0 Å². The quantitative estimate of drug-likeness (QED) is 0.776. The van der Waals surface area contributed by atoms with Crippen molar-refractivity contribution >= 4 is 28.2 Å². The number of rotatable bonds is 5. The first kappa shape index (κ1) is 22.4. The van der Waals surface area contributed by atoms with Gasteiger partial charge in [-0.2, -0.15) is 0 Å². The molecule has 5 nitrogen and oxygen atoms in total. The summed E-state index contributed by atoms with van der Waals surface area (Å²) in [6.07, 6.45) is 1.78. The molecular formula is C21H27ClN2O3S. The zero-order chi connectivity index (χ0) is 19.5. The molecule has 0 aliphatic carbocycles. The second-order valence-electron chi connectivity index (χ2n) is 7.27. The average molecular weight is 423 g/mol. The van der Waals surface area contributed by atoms with Crippen LogP contribution in [0.15, 0.2) is 48.5 Å². The minimum absolute atomic E-state index is 0. The Morgan fingerprint density at radius 2 is 1.71 bits per heavy atom. The van der Waals surface area contributed by atoms with E-state index in [-0.39, 0.29) is 12.4 Å². The summed E-state index contributed by atoms with van der Waals surface area (Å²) >= 11 is 0. The van der Waals surface area contributed by atoms with Crippen molar-refractivity contribution < 1.29 is 13.2 Å². The summed E-state index contributed by atoms with van der Waals surface area (Å²) in [6.45, 7) is 3.42. The first-order valence-electron chi connectivity index (χ1n) is 9.16. The van der Waals surface area contributed by atoms with E-state index < -0.39 is 20.5 Å². The van der Waals surface area contributed by atoms with E-state index in [0.29, 0.717) is 32.5 Å². The molecule has 3 rings (SSSR count). The first-order valence-corrected chi connectivity index (χ1v) is 11.1. The maximum absolute atomic E-state index is 12.8. The zero-order valence-electron chi connectivity index (χ0n) is 16.2. The number of benzene rings is 2. The van der Waals surface area contributed by atoms with Crippen LogP contribution in [0.5, 0.6) is 0 Å². The third-order valence-electron chi connectivity index (χ3n) is 5.30. The van der Waals surface area contributed by atoms with E-state index in [1.54, 1.807) is 0 Å². The molecule has 0 bridgehead atoms. The summed E-state index contributed by atoms with van der Waals surface area (Å²) in [5.41, 5.74) is 4.33.